The maximum Gasteiger partial charge on any atom is 0.317 e. The summed E-state index contributed by atoms with van der Waals surface area (Å²) >= 11 is 0. The van der Waals surface area contributed by atoms with Crippen LogP contribution in [-0.4, -0.2) is 39.9 Å². The van der Waals surface area contributed by atoms with E-state index in [2.05, 4.69) is 26.5 Å². The molecular formula is C26H45NO5. The molecule has 184 valence electrons. The van der Waals surface area contributed by atoms with Crippen LogP contribution in [0.4, 0.5) is 0 Å². The van der Waals surface area contributed by atoms with Crippen molar-refractivity contribution < 1.29 is 24.9 Å². The van der Waals surface area contributed by atoms with Crippen molar-refractivity contribution in [2.24, 2.45) is 52.1 Å². The number of carboxylic acids is 2. The molecule has 0 heterocycles. The van der Waals surface area contributed by atoms with Gasteiger partial charge in [-0.2, -0.15) is 0 Å². The van der Waals surface area contributed by atoms with Crippen LogP contribution in [0.1, 0.15) is 91.4 Å². The lowest BCUT2D eigenvalue weighted by Crippen LogP contribution is -2.54. The van der Waals surface area contributed by atoms with E-state index in [1.807, 2.05) is 0 Å². The van der Waals surface area contributed by atoms with Gasteiger partial charge < -0.3 is 21.1 Å². The molecule has 0 aromatic rings. The second kappa shape index (κ2) is 10.0. The third-order valence-electron chi connectivity index (χ3n) is 10.4. The highest BCUT2D eigenvalue weighted by Crippen LogP contribution is 2.68. The molecule has 4 rings (SSSR count). The van der Waals surface area contributed by atoms with Gasteiger partial charge >= 0.3 is 11.9 Å². The summed E-state index contributed by atoms with van der Waals surface area (Å²) in [5.41, 5.74) is 5.45. The molecule has 4 aliphatic rings. The summed E-state index contributed by atoms with van der Waals surface area (Å²) in [5, 5.41) is 26.9. The van der Waals surface area contributed by atoms with E-state index in [-0.39, 0.29) is 12.6 Å². The first-order valence-electron chi connectivity index (χ1n) is 12.8. The van der Waals surface area contributed by atoms with Crippen LogP contribution in [0.2, 0.25) is 0 Å². The molecule has 9 atom stereocenters. The van der Waals surface area contributed by atoms with E-state index in [0.29, 0.717) is 29.1 Å². The van der Waals surface area contributed by atoms with Crippen LogP contribution >= 0.6 is 0 Å². The van der Waals surface area contributed by atoms with Crippen molar-refractivity contribution in [1.29, 1.82) is 0 Å². The Morgan fingerprint density at radius 3 is 2.19 bits per heavy atom. The Morgan fingerprint density at radius 2 is 1.56 bits per heavy atom. The average molecular weight is 452 g/mol. The number of rotatable bonds is 5. The van der Waals surface area contributed by atoms with Crippen LogP contribution in [0, 0.1) is 46.3 Å². The summed E-state index contributed by atoms with van der Waals surface area (Å²) in [5.74, 6) is 2.94. The molecule has 4 saturated carbocycles. The highest BCUT2D eigenvalue weighted by molar-refractivity contribution is 5.68. The largest absolute Gasteiger partial charge is 0.481 e. The van der Waals surface area contributed by atoms with Gasteiger partial charge in [-0.15, -0.1) is 0 Å². The third-order valence-corrected chi connectivity index (χ3v) is 10.4. The van der Waals surface area contributed by atoms with Gasteiger partial charge in [-0.1, -0.05) is 20.8 Å². The fraction of sp³-hybridized carbons (Fsp3) is 0.923. The van der Waals surface area contributed by atoms with E-state index >= 15 is 0 Å². The number of fused-ring (bicyclic) bond motifs is 5. The Balaban J connectivity index is 0.000000523. The van der Waals surface area contributed by atoms with Crippen molar-refractivity contribution in [3.05, 3.63) is 0 Å². The summed E-state index contributed by atoms with van der Waals surface area (Å²) in [4.78, 5) is 20.3. The summed E-state index contributed by atoms with van der Waals surface area (Å²) in [6.45, 7) is 7.15. The Morgan fingerprint density at radius 1 is 0.938 bits per heavy atom. The SMILES string of the molecule is C[C@H](CCC(=O)O)[C@H]1CC[C@H]2[C@@H]3CC[C@@H]4C[C@H](O)CC[C@]4(C)[C@H]3CC[C@]12C.NCC(=O)O. The Hall–Kier alpha value is -1.14. The number of aliphatic hydroxyl groups excluding tert-OH is 1. The quantitative estimate of drug-likeness (QED) is 0.487. The number of carbonyl (C=O) groups is 2. The van der Waals surface area contributed by atoms with Crippen LogP contribution < -0.4 is 5.73 Å². The fourth-order valence-electron chi connectivity index (χ4n) is 8.76. The van der Waals surface area contributed by atoms with Crippen LogP contribution in [0.3, 0.4) is 0 Å². The Bertz CT molecular complexity index is 683. The molecule has 0 spiro atoms. The van der Waals surface area contributed by atoms with Crippen molar-refractivity contribution in [2.75, 3.05) is 6.54 Å². The van der Waals surface area contributed by atoms with Crippen LogP contribution in [-0.2, 0) is 9.59 Å². The first-order chi connectivity index (χ1) is 15.0. The molecule has 4 aliphatic carbocycles. The minimum atomic E-state index is -0.968. The fourth-order valence-corrected chi connectivity index (χ4v) is 8.76. The summed E-state index contributed by atoms with van der Waals surface area (Å²) in [6.07, 6.45) is 12.4. The van der Waals surface area contributed by atoms with Gasteiger partial charge in [0.05, 0.1) is 12.6 Å². The molecule has 0 aromatic carbocycles. The van der Waals surface area contributed by atoms with Crippen molar-refractivity contribution >= 4 is 11.9 Å². The smallest absolute Gasteiger partial charge is 0.317 e. The lowest BCUT2D eigenvalue weighted by Gasteiger charge is -2.61. The van der Waals surface area contributed by atoms with Crippen molar-refractivity contribution in [1.82, 2.24) is 0 Å². The van der Waals surface area contributed by atoms with E-state index < -0.39 is 11.9 Å². The minimum absolute atomic E-state index is 0.0561. The molecule has 0 amide bonds. The molecule has 0 unspecified atom stereocenters. The first-order valence-corrected chi connectivity index (χ1v) is 12.8. The highest BCUT2D eigenvalue weighted by Gasteiger charge is 2.60. The molecule has 0 aliphatic heterocycles. The van der Waals surface area contributed by atoms with Gasteiger partial charge in [0.15, 0.2) is 0 Å². The van der Waals surface area contributed by atoms with Crippen LogP contribution in [0.5, 0.6) is 0 Å². The predicted molar refractivity (Wildman–Crippen MR) is 124 cm³/mol. The van der Waals surface area contributed by atoms with Gasteiger partial charge in [0.2, 0.25) is 0 Å². The minimum Gasteiger partial charge on any atom is -0.481 e. The normalized spacial score (nSPS) is 43.7. The van der Waals surface area contributed by atoms with Crippen molar-refractivity contribution in [3.63, 3.8) is 0 Å². The second-order valence-corrected chi connectivity index (χ2v) is 11.8. The van der Waals surface area contributed by atoms with E-state index in [4.69, 9.17) is 10.2 Å². The maximum absolute atomic E-state index is 11.0. The lowest BCUT2D eigenvalue weighted by atomic mass is 9.44. The lowest BCUT2D eigenvalue weighted by molar-refractivity contribution is -0.138. The Kier molecular flexibility index (Phi) is 7.97. The first kappa shape index (κ1) is 25.5. The molecule has 0 aromatic heterocycles. The van der Waals surface area contributed by atoms with E-state index in [1.54, 1.807) is 0 Å². The zero-order valence-electron chi connectivity index (χ0n) is 20.3. The monoisotopic (exact) mass is 451 g/mol. The van der Waals surface area contributed by atoms with Gasteiger partial charge in [-0.25, -0.2) is 0 Å². The molecule has 6 nitrogen and oxygen atoms in total. The van der Waals surface area contributed by atoms with Crippen LogP contribution in [0.15, 0.2) is 0 Å². The molecule has 0 saturated heterocycles. The van der Waals surface area contributed by atoms with Gasteiger partial charge in [0.25, 0.3) is 0 Å². The molecular weight excluding hydrogens is 406 g/mol. The molecule has 32 heavy (non-hydrogen) atoms. The summed E-state index contributed by atoms with van der Waals surface area (Å²) < 4.78 is 0. The summed E-state index contributed by atoms with van der Waals surface area (Å²) in [7, 11) is 0. The summed E-state index contributed by atoms with van der Waals surface area (Å²) in [6, 6.07) is 0. The second-order valence-electron chi connectivity index (χ2n) is 11.8. The zero-order chi connectivity index (χ0) is 23.7. The topological polar surface area (TPSA) is 121 Å². The number of hydrogen-bond acceptors (Lipinski definition) is 4. The van der Waals surface area contributed by atoms with Crippen molar-refractivity contribution in [3.8, 4) is 0 Å². The number of nitrogens with two attached hydrogens (primary N) is 1. The third kappa shape index (κ3) is 4.86. The van der Waals surface area contributed by atoms with Gasteiger partial charge in [0, 0.05) is 6.42 Å². The molecule has 5 N–H and O–H groups in total. The van der Waals surface area contributed by atoms with Crippen LogP contribution in [0.25, 0.3) is 0 Å². The molecule has 4 fully saturated rings. The number of carboxylic acid groups (broad SMARTS) is 2. The predicted octanol–water partition coefficient (Wildman–Crippen LogP) is 4.54. The molecule has 0 radical (unpaired) electrons. The number of hydrogen-bond donors (Lipinski definition) is 4. The van der Waals surface area contributed by atoms with Crippen molar-refractivity contribution in [2.45, 2.75) is 97.5 Å². The number of aliphatic carboxylic acids is 2. The molecule has 6 heteroatoms. The van der Waals surface area contributed by atoms with E-state index in [1.165, 1.54) is 44.9 Å². The van der Waals surface area contributed by atoms with Gasteiger partial charge in [0.1, 0.15) is 0 Å². The number of aliphatic hydroxyl groups is 1. The standard InChI is InChI=1S/C24H40O3.C2H5NO2/c1-15(4-9-22(26)27)19-7-8-20-18-6-5-16-14-17(25)10-12-23(16,2)21(18)11-13-24(19,20)3;3-1-2(4)5/h15-21,25H,4-14H2,1-3H3,(H,26,27);1,3H2,(H,4,5)/t15-,16-,17-,18+,19-,20+,21+,23+,24-;/m1./s1. The van der Waals surface area contributed by atoms with Gasteiger partial charge in [-0.3, -0.25) is 9.59 Å². The zero-order valence-corrected chi connectivity index (χ0v) is 20.3. The highest BCUT2D eigenvalue weighted by atomic mass is 16.4. The Labute approximate surface area is 193 Å². The molecule has 0 bridgehead atoms. The van der Waals surface area contributed by atoms with Gasteiger partial charge in [-0.05, 0) is 111 Å². The maximum atomic E-state index is 11.0. The van der Waals surface area contributed by atoms with E-state index in [0.717, 1.165) is 42.9 Å². The average Bonchev–Trinajstić information content (AvgIpc) is 3.10. The van der Waals surface area contributed by atoms with E-state index in [9.17, 15) is 14.7 Å².